The molecule has 0 unspecified atom stereocenters. The molecule has 0 aliphatic rings. The van der Waals surface area contributed by atoms with Crippen LogP contribution < -0.4 is 0 Å². The summed E-state index contributed by atoms with van der Waals surface area (Å²) in [6, 6.07) is 7.06. The summed E-state index contributed by atoms with van der Waals surface area (Å²) in [7, 11) is 4.99. The van der Waals surface area contributed by atoms with Crippen molar-refractivity contribution in [1.29, 1.82) is 0 Å². The molecule has 0 bridgehead atoms. The third-order valence-corrected chi connectivity index (χ3v) is 7.44. The number of aryl methyl sites for hydroxylation is 2. The highest BCUT2D eigenvalue weighted by atomic mass is 32.1. The summed E-state index contributed by atoms with van der Waals surface area (Å²) in [5.41, 5.74) is 1.97. The Balaban J connectivity index is 2.15. The maximum Gasteiger partial charge on any atom is 0.340 e. The van der Waals surface area contributed by atoms with Gasteiger partial charge in [0, 0.05) is 19.5 Å². The highest BCUT2D eigenvalue weighted by molar-refractivity contribution is 7.16. The first-order chi connectivity index (χ1) is 16.2. The first kappa shape index (κ1) is 25.1. The fourth-order valence-corrected chi connectivity index (χ4v) is 5.83. The van der Waals surface area contributed by atoms with E-state index >= 15 is 0 Å². The maximum atomic E-state index is 12.5. The lowest BCUT2D eigenvalue weighted by molar-refractivity contribution is 0.0556. The van der Waals surface area contributed by atoms with Crippen LogP contribution in [0, 0.1) is 13.8 Å². The van der Waals surface area contributed by atoms with Crippen LogP contribution in [-0.2, 0) is 18.9 Å². The molecule has 0 radical (unpaired) electrons. The number of hydrogen-bond acceptors (Lipinski definition) is 10. The van der Waals surface area contributed by atoms with Crippen molar-refractivity contribution in [3.8, 4) is 20.9 Å². The average molecular weight is 503 g/mol. The van der Waals surface area contributed by atoms with E-state index in [1.54, 1.807) is 38.1 Å². The molecule has 10 heteroatoms. The summed E-state index contributed by atoms with van der Waals surface area (Å²) in [5.74, 6) is -2.53. The zero-order valence-corrected chi connectivity index (χ0v) is 21.0. The zero-order valence-electron chi connectivity index (χ0n) is 19.4. The van der Waals surface area contributed by atoms with Crippen molar-refractivity contribution in [1.82, 2.24) is 0 Å². The van der Waals surface area contributed by atoms with E-state index in [2.05, 4.69) is 0 Å². The summed E-state index contributed by atoms with van der Waals surface area (Å²) >= 11 is 2.55. The number of ether oxygens (including phenoxy) is 4. The molecule has 0 saturated heterocycles. The van der Waals surface area contributed by atoms with Crippen molar-refractivity contribution in [3.63, 3.8) is 0 Å². The lowest BCUT2D eigenvalue weighted by Crippen LogP contribution is -2.11. The molecule has 3 aromatic rings. The predicted octanol–water partition coefficient (Wildman–Crippen LogP) is 4.91. The molecule has 0 spiro atoms. The van der Waals surface area contributed by atoms with Gasteiger partial charge in [0.2, 0.25) is 0 Å². The van der Waals surface area contributed by atoms with Crippen molar-refractivity contribution < 1.29 is 38.1 Å². The van der Waals surface area contributed by atoms with Gasteiger partial charge in [0.15, 0.2) is 0 Å². The molecule has 0 aliphatic heterocycles. The fraction of sp³-hybridized carbons (Fsp3) is 0.250. The van der Waals surface area contributed by atoms with E-state index in [1.807, 2.05) is 0 Å². The van der Waals surface area contributed by atoms with Crippen molar-refractivity contribution >= 4 is 46.6 Å². The summed E-state index contributed by atoms with van der Waals surface area (Å²) < 4.78 is 19.5. The number of carbonyl (C=O) groups is 4. The Bertz CT molecular complexity index is 1180. The average Bonchev–Trinajstić information content (AvgIpc) is 3.39. The van der Waals surface area contributed by atoms with E-state index < -0.39 is 23.9 Å². The van der Waals surface area contributed by atoms with Gasteiger partial charge in [0.05, 0.1) is 50.7 Å². The minimum atomic E-state index is -0.645. The third-order valence-electron chi connectivity index (χ3n) is 5.14. The minimum Gasteiger partial charge on any atom is -0.465 e. The Morgan fingerprint density at radius 3 is 1.06 bits per heavy atom. The van der Waals surface area contributed by atoms with E-state index in [4.69, 9.17) is 18.9 Å². The highest BCUT2D eigenvalue weighted by Crippen LogP contribution is 2.41. The molecule has 2 aromatic heterocycles. The topological polar surface area (TPSA) is 105 Å². The van der Waals surface area contributed by atoms with Gasteiger partial charge in [-0.05, 0) is 25.0 Å². The Labute approximate surface area is 204 Å². The second kappa shape index (κ2) is 10.2. The number of carbonyl (C=O) groups excluding carboxylic acids is 4. The smallest absolute Gasteiger partial charge is 0.340 e. The zero-order chi connectivity index (χ0) is 25.2. The summed E-state index contributed by atoms with van der Waals surface area (Å²) in [5, 5.41) is 0. The van der Waals surface area contributed by atoms with Crippen LogP contribution in [-0.4, -0.2) is 52.3 Å². The van der Waals surface area contributed by atoms with Crippen LogP contribution in [0.25, 0.3) is 20.9 Å². The van der Waals surface area contributed by atoms with Gasteiger partial charge in [-0.3, -0.25) is 0 Å². The largest absolute Gasteiger partial charge is 0.465 e. The van der Waals surface area contributed by atoms with Crippen LogP contribution in [0.1, 0.15) is 51.2 Å². The Morgan fingerprint density at radius 1 is 0.529 bits per heavy atom. The van der Waals surface area contributed by atoms with Crippen LogP contribution in [0.2, 0.25) is 0 Å². The van der Waals surface area contributed by atoms with E-state index in [-0.39, 0.29) is 22.3 Å². The van der Waals surface area contributed by atoms with Crippen molar-refractivity contribution in [2.24, 2.45) is 0 Å². The van der Waals surface area contributed by atoms with Crippen LogP contribution in [0.4, 0.5) is 0 Å². The number of rotatable bonds is 6. The van der Waals surface area contributed by atoms with Gasteiger partial charge in [0.1, 0.15) is 0 Å². The second-order valence-electron chi connectivity index (χ2n) is 7.02. The lowest BCUT2D eigenvalue weighted by Gasteiger charge is -2.08. The first-order valence-electron chi connectivity index (χ1n) is 9.90. The van der Waals surface area contributed by atoms with Crippen molar-refractivity contribution in [2.75, 3.05) is 28.4 Å². The van der Waals surface area contributed by atoms with Gasteiger partial charge in [-0.25, -0.2) is 19.2 Å². The Kier molecular flexibility index (Phi) is 7.53. The third kappa shape index (κ3) is 4.34. The predicted molar refractivity (Wildman–Crippen MR) is 128 cm³/mol. The normalized spacial score (nSPS) is 10.5. The number of hydrogen-bond donors (Lipinski definition) is 0. The van der Waals surface area contributed by atoms with Gasteiger partial charge < -0.3 is 18.9 Å². The molecule has 2 heterocycles. The Hall–Kier alpha value is -3.50. The van der Waals surface area contributed by atoms with E-state index in [1.165, 1.54) is 51.1 Å². The summed E-state index contributed by atoms with van der Waals surface area (Å²) in [6.07, 6.45) is 0. The quantitative estimate of drug-likeness (QED) is 0.346. The van der Waals surface area contributed by atoms with Crippen LogP contribution >= 0.6 is 22.7 Å². The molecular weight excluding hydrogens is 480 g/mol. The molecule has 8 nitrogen and oxygen atoms in total. The minimum absolute atomic E-state index is 0.139. The molecule has 34 heavy (non-hydrogen) atoms. The molecule has 178 valence electrons. The Morgan fingerprint density at radius 2 is 0.794 bits per heavy atom. The van der Waals surface area contributed by atoms with Gasteiger partial charge in [-0.15, -0.1) is 22.7 Å². The van der Waals surface area contributed by atoms with Gasteiger partial charge in [-0.2, -0.15) is 0 Å². The van der Waals surface area contributed by atoms with E-state index in [0.29, 0.717) is 30.6 Å². The molecule has 3 rings (SSSR count). The maximum absolute atomic E-state index is 12.5. The number of benzene rings is 1. The molecule has 1 aromatic carbocycles. The molecule has 0 amide bonds. The molecular formula is C24H22O8S2. The summed E-state index contributed by atoms with van der Waals surface area (Å²) in [6.45, 7) is 3.46. The molecule has 0 atom stereocenters. The number of thiophene rings is 2. The van der Waals surface area contributed by atoms with Crippen LogP contribution in [0.5, 0.6) is 0 Å². The monoisotopic (exact) mass is 502 g/mol. The van der Waals surface area contributed by atoms with E-state index in [0.717, 1.165) is 0 Å². The SMILES string of the molecule is COC(=O)c1c(C)sc(-c2ccc(-c3sc(C)c(C(=O)OC)c3C(=O)OC)cc2)c1C(=O)OC. The van der Waals surface area contributed by atoms with Gasteiger partial charge in [0.25, 0.3) is 0 Å². The highest BCUT2D eigenvalue weighted by Gasteiger charge is 2.30. The molecule has 0 N–H and O–H groups in total. The molecule has 0 saturated carbocycles. The van der Waals surface area contributed by atoms with Crippen molar-refractivity contribution in [2.45, 2.75) is 13.8 Å². The van der Waals surface area contributed by atoms with Crippen LogP contribution in [0.3, 0.4) is 0 Å². The standard InChI is InChI=1S/C24H22O8S2/c1-11-15(21(25)29-3)17(23(27)31-5)19(33-11)13-7-9-14(10-8-13)20-18(24(28)32-6)16(12(2)34-20)22(26)30-4/h7-10H,1-6H3. The number of methoxy groups -OCH3 is 4. The van der Waals surface area contributed by atoms with Crippen LogP contribution in [0.15, 0.2) is 24.3 Å². The lowest BCUT2D eigenvalue weighted by atomic mass is 10.0. The second-order valence-corrected chi connectivity index (χ2v) is 9.47. The fourth-order valence-electron chi connectivity index (χ4n) is 3.56. The summed E-state index contributed by atoms with van der Waals surface area (Å²) in [4.78, 5) is 52.0. The number of esters is 4. The first-order valence-corrected chi connectivity index (χ1v) is 11.5. The van der Waals surface area contributed by atoms with Gasteiger partial charge in [-0.1, -0.05) is 24.3 Å². The van der Waals surface area contributed by atoms with Crippen molar-refractivity contribution in [3.05, 3.63) is 56.3 Å². The molecule has 0 fully saturated rings. The van der Waals surface area contributed by atoms with E-state index in [9.17, 15) is 19.2 Å². The molecule has 0 aliphatic carbocycles. The van der Waals surface area contributed by atoms with Gasteiger partial charge >= 0.3 is 23.9 Å².